The molecule has 3 nitrogen and oxygen atoms in total. The summed E-state index contributed by atoms with van der Waals surface area (Å²) in [7, 11) is 0. The van der Waals surface area contributed by atoms with E-state index in [0.717, 1.165) is 30.4 Å². The van der Waals surface area contributed by atoms with Gasteiger partial charge in [0.05, 0.1) is 12.2 Å². The summed E-state index contributed by atoms with van der Waals surface area (Å²) in [6.45, 7) is 8.89. The molecule has 1 N–H and O–H groups in total. The smallest absolute Gasteiger partial charge is 0.142 e. The summed E-state index contributed by atoms with van der Waals surface area (Å²) in [4.78, 5) is 2.57. The summed E-state index contributed by atoms with van der Waals surface area (Å²) < 4.78 is 5.82. The number of likely N-dealkylation sites (tertiary alicyclic amines) is 1. The van der Waals surface area contributed by atoms with E-state index in [-0.39, 0.29) is 6.10 Å². The number of piperidine rings is 1. The molecule has 0 radical (unpaired) electrons. The van der Waals surface area contributed by atoms with E-state index in [2.05, 4.69) is 42.3 Å². The van der Waals surface area contributed by atoms with Gasteiger partial charge in [-0.25, -0.2) is 0 Å². The van der Waals surface area contributed by atoms with Gasteiger partial charge in [-0.2, -0.15) is 0 Å². The fraction of sp³-hybridized carbons (Fsp3) is 0.625. The van der Waals surface area contributed by atoms with Crippen molar-refractivity contribution < 1.29 is 4.74 Å². The van der Waals surface area contributed by atoms with Crippen LogP contribution >= 0.6 is 0 Å². The molecule has 0 spiro atoms. The Kier molecular flexibility index (Phi) is 3.65. The van der Waals surface area contributed by atoms with Crippen LogP contribution in [0.4, 0.5) is 5.69 Å². The number of ether oxygens (including phenoxy) is 1. The van der Waals surface area contributed by atoms with Gasteiger partial charge in [0, 0.05) is 13.1 Å². The fourth-order valence-electron chi connectivity index (χ4n) is 3.12. The highest BCUT2D eigenvalue weighted by Crippen LogP contribution is 2.30. The van der Waals surface area contributed by atoms with Crippen molar-refractivity contribution in [3.05, 3.63) is 23.8 Å². The van der Waals surface area contributed by atoms with Crippen molar-refractivity contribution in [2.75, 3.05) is 25.0 Å². The van der Waals surface area contributed by atoms with E-state index >= 15 is 0 Å². The summed E-state index contributed by atoms with van der Waals surface area (Å²) in [5, 5.41) is 3.46. The molecule has 2 unspecified atom stereocenters. The number of nitrogens with zero attached hydrogens (tertiary/aromatic N) is 1. The molecule has 3 rings (SSSR count). The van der Waals surface area contributed by atoms with Gasteiger partial charge in [0.1, 0.15) is 11.9 Å². The average Bonchev–Trinajstić information content (AvgIpc) is 2.39. The van der Waals surface area contributed by atoms with Gasteiger partial charge in [-0.1, -0.05) is 13.0 Å². The SMILES string of the molecule is CC1CCCN(Cc2ccc3c(c2)NCC(C)O3)C1. The van der Waals surface area contributed by atoms with Crippen LogP contribution < -0.4 is 10.1 Å². The number of hydrogen-bond acceptors (Lipinski definition) is 3. The van der Waals surface area contributed by atoms with Crippen LogP contribution in [0.3, 0.4) is 0 Å². The first-order valence-electron chi connectivity index (χ1n) is 7.46. The Labute approximate surface area is 115 Å². The van der Waals surface area contributed by atoms with Crippen LogP contribution in [0, 0.1) is 5.92 Å². The monoisotopic (exact) mass is 260 g/mol. The maximum atomic E-state index is 5.82. The molecule has 104 valence electrons. The quantitative estimate of drug-likeness (QED) is 0.884. The van der Waals surface area contributed by atoms with Crippen molar-refractivity contribution in [1.82, 2.24) is 4.90 Å². The van der Waals surface area contributed by atoms with Gasteiger partial charge in [0.2, 0.25) is 0 Å². The molecular formula is C16H24N2O. The Morgan fingerprint density at radius 2 is 2.26 bits per heavy atom. The van der Waals surface area contributed by atoms with Crippen molar-refractivity contribution in [2.45, 2.75) is 39.3 Å². The Bertz CT molecular complexity index is 446. The molecule has 0 amide bonds. The highest BCUT2D eigenvalue weighted by Gasteiger charge is 2.18. The standard InChI is InChI=1S/C16H24N2O/c1-12-4-3-7-18(10-12)11-14-5-6-16-15(8-14)17-9-13(2)19-16/h5-6,8,12-13,17H,3-4,7,9-11H2,1-2H3. The van der Waals surface area contributed by atoms with Crippen molar-refractivity contribution in [2.24, 2.45) is 5.92 Å². The molecule has 0 saturated carbocycles. The second kappa shape index (κ2) is 5.41. The van der Waals surface area contributed by atoms with Crippen LogP contribution in [0.5, 0.6) is 5.75 Å². The molecule has 19 heavy (non-hydrogen) atoms. The van der Waals surface area contributed by atoms with Crippen LogP contribution in [-0.4, -0.2) is 30.6 Å². The van der Waals surface area contributed by atoms with Crippen molar-refractivity contribution in [1.29, 1.82) is 0 Å². The lowest BCUT2D eigenvalue weighted by Gasteiger charge is -2.31. The first kappa shape index (κ1) is 12.8. The molecular weight excluding hydrogens is 236 g/mol. The lowest BCUT2D eigenvalue weighted by molar-refractivity contribution is 0.176. The Balaban J connectivity index is 1.68. The van der Waals surface area contributed by atoms with Crippen LogP contribution in [-0.2, 0) is 6.54 Å². The number of fused-ring (bicyclic) bond motifs is 1. The minimum absolute atomic E-state index is 0.265. The molecule has 1 aromatic rings. The van der Waals surface area contributed by atoms with Gasteiger partial charge >= 0.3 is 0 Å². The second-order valence-electron chi connectivity index (χ2n) is 6.12. The predicted molar refractivity (Wildman–Crippen MR) is 78.7 cm³/mol. The molecule has 2 aliphatic heterocycles. The number of rotatable bonds is 2. The third kappa shape index (κ3) is 3.03. The molecule has 3 heteroatoms. The van der Waals surface area contributed by atoms with Crippen molar-refractivity contribution in [3.8, 4) is 5.75 Å². The predicted octanol–water partition coefficient (Wildman–Crippen LogP) is 3.11. The summed E-state index contributed by atoms with van der Waals surface area (Å²) in [6.07, 6.45) is 2.99. The van der Waals surface area contributed by atoms with Crippen LogP contribution in [0.2, 0.25) is 0 Å². The Morgan fingerprint density at radius 1 is 1.37 bits per heavy atom. The molecule has 2 atom stereocenters. The van der Waals surface area contributed by atoms with Gasteiger partial charge in [0.25, 0.3) is 0 Å². The molecule has 0 bridgehead atoms. The molecule has 1 saturated heterocycles. The van der Waals surface area contributed by atoms with E-state index in [1.54, 1.807) is 0 Å². The third-order valence-electron chi connectivity index (χ3n) is 4.10. The zero-order chi connectivity index (χ0) is 13.2. The number of anilines is 1. The largest absolute Gasteiger partial charge is 0.487 e. The summed E-state index contributed by atoms with van der Waals surface area (Å²) >= 11 is 0. The second-order valence-corrected chi connectivity index (χ2v) is 6.12. The molecule has 1 fully saturated rings. The van der Waals surface area contributed by atoms with E-state index in [0.29, 0.717) is 0 Å². The van der Waals surface area contributed by atoms with Gasteiger partial charge in [-0.05, 0) is 49.9 Å². The number of hydrogen-bond donors (Lipinski definition) is 1. The number of benzene rings is 1. The van der Waals surface area contributed by atoms with E-state index in [4.69, 9.17) is 4.74 Å². The first-order valence-corrected chi connectivity index (χ1v) is 7.46. The van der Waals surface area contributed by atoms with E-state index in [9.17, 15) is 0 Å². The summed E-state index contributed by atoms with van der Waals surface area (Å²) in [5.74, 6) is 1.84. The first-order chi connectivity index (χ1) is 9.20. The molecule has 2 aliphatic rings. The van der Waals surface area contributed by atoms with Crippen LogP contribution in [0.15, 0.2) is 18.2 Å². The Morgan fingerprint density at radius 3 is 3.11 bits per heavy atom. The van der Waals surface area contributed by atoms with Gasteiger partial charge < -0.3 is 10.1 Å². The van der Waals surface area contributed by atoms with Crippen molar-refractivity contribution >= 4 is 5.69 Å². The average molecular weight is 260 g/mol. The van der Waals surface area contributed by atoms with Gasteiger partial charge in [-0.15, -0.1) is 0 Å². The topological polar surface area (TPSA) is 24.5 Å². The lowest BCUT2D eigenvalue weighted by atomic mass is 9.99. The number of nitrogens with one attached hydrogen (secondary N) is 1. The maximum absolute atomic E-state index is 5.82. The highest BCUT2D eigenvalue weighted by atomic mass is 16.5. The van der Waals surface area contributed by atoms with E-state index in [1.165, 1.54) is 31.5 Å². The molecule has 2 heterocycles. The molecule has 0 aliphatic carbocycles. The zero-order valence-electron chi connectivity index (χ0n) is 12.0. The normalized spacial score (nSPS) is 27.3. The summed E-state index contributed by atoms with van der Waals surface area (Å²) in [6, 6.07) is 6.57. The van der Waals surface area contributed by atoms with Crippen molar-refractivity contribution in [3.63, 3.8) is 0 Å². The van der Waals surface area contributed by atoms with Gasteiger partial charge in [-0.3, -0.25) is 4.90 Å². The zero-order valence-corrected chi connectivity index (χ0v) is 12.0. The van der Waals surface area contributed by atoms with E-state index < -0.39 is 0 Å². The van der Waals surface area contributed by atoms with Gasteiger partial charge in [0.15, 0.2) is 0 Å². The Hall–Kier alpha value is -1.22. The van der Waals surface area contributed by atoms with Crippen LogP contribution in [0.1, 0.15) is 32.3 Å². The fourth-order valence-corrected chi connectivity index (χ4v) is 3.12. The maximum Gasteiger partial charge on any atom is 0.142 e. The van der Waals surface area contributed by atoms with E-state index in [1.807, 2.05) is 0 Å². The minimum Gasteiger partial charge on any atom is -0.487 e. The third-order valence-corrected chi connectivity index (χ3v) is 4.10. The van der Waals surface area contributed by atoms with Crippen LogP contribution in [0.25, 0.3) is 0 Å². The summed E-state index contributed by atoms with van der Waals surface area (Å²) in [5.41, 5.74) is 2.54. The highest BCUT2D eigenvalue weighted by molar-refractivity contribution is 5.59. The molecule has 1 aromatic carbocycles. The molecule has 0 aromatic heterocycles. The lowest BCUT2D eigenvalue weighted by Crippen LogP contribution is -2.33. The minimum atomic E-state index is 0.265.